The van der Waals surface area contributed by atoms with Crippen molar-refractivity contribution in [2.45, 2.75) is 29.9 Å². The van der Waals surface area contributed by atoms with E-state index in [1.165, 1.54) is 12.1 Å². The van der Waals surface area contributed by atoms with E-state index in [-0.39, 0.29) is 28.6 Å². The highest BCUT2D eigenvalue weighted by Gasteiger charge is 2.55. The molecule has 5 unspecified atom stereocenters. The zero-order chi connectivity index (χ0) is 21.9. The molecule has 1 N–H and O–H groups in total. The Labute approximate surface area is 180 Å². The minimum atomic E-state index is -4.00. The number of aldehydes is 1. The number of rotatable bonds is 9. The fraction of sp³-hybridized carbons (Fsp3) is 0.476. The Kier molecular flexibility index (Phi) is 7.02. The SMILES string of the molecule is C=CC(=O)OCCSC1CC2CC1C(C(=O)NS(=O)(=O)c1ccc(C)cc1)C2C=O. The van der Waals surface area contributed by atoms with Gasteiger partial charge in [-0.05, 0) is 43.7 Å². The van der Waals surface area contributed by atoms with Crippen molar-refractivity contribution >= 4 is 39.9 Å². The van der Waals surface area contributed by atoms with Gasteiger partial charge in [0.05, 0.1) is 10.8 Å². The molecule has 2 aliphatic rings. The Morgan fingerprint density at radius 3 is 2.60 bits per heavy atom. The summed E-state index contributed by atoms with van der Waals surface area (Å²) < 4.78 is 32.4. The van der Waals surface area contributed by atoms with Crippen molar-refractivity contribution in [2.75, 3.05) is 12.4 Å². The maximum absolute atomic E-state index is 12.9. The standard InChI is InChI=1S/C21H25NO6S2/c1-3-19(24)28-8-9-29-18-11-14-10-16(18)20(17(14)12-23)21(25)22-30(26,27)15-6-4-13(2)5-7-15/h3-7,12,14,16-18,20H,1,8-11H2,2H3,(H,22,25). The maximum Gasteiger partial charge on any atom is 0.330 e. The second-order valence-electron chi connectivity index (χ2n) is 7.70. The van der Waals surface area contributed by atoms with E-state index in [1.807, 2.05) is 6.92 Å². The zero-order valence-corrected chi connectivity index (χ0v) is 18.3. The molecule has 0 spiro atoms. The lowest BCUT2D eigenvalue weighted by Gasteiger charge is -2.32. The molecule has 2 aliphatic carbocycles. The van der Waals surface area contributed by atoms with Gasteiger partial charge in [-0.25, -0.2) is 17.9 Å². The van der Waals surface area contributed by atoms with Crippen LogP contribution in [0.2, 0.25) is 0 Å². The molecule has 2 fully saturated rings. The number of fused-ring (bicyclic) bond motifs is 2. The first kappa shape index (κ1) is 22.6. The number of esters is 1. The third kappa shape index (κ3) is 4.78. The number of carbonyl (C=O) groups is 3. The molecule has 9 heteroatoms. The normalized spacial score (nSPS) is 27.4. The lowest BCUT2D eigenvalue weighted by atomic mass is 9.79. The molecule has 0 saturated heterocycles. The molecule has 5 atom stereocenters. The Hall–Kier alpha value is -2.13. The number of thioether (sulfide) groups is 1. The summed E-state index contributed by atoms with van der Waals surface area (Å²) >= 11 is 1.59. The average Bonchev–Trinajstić information content (AvgIpc) is 3.28. The molecule has 1 aromatic carbocycles. The van der Waals surface area contributed by atoms with Crippen LogP contribution in [0.25, 0.3) is 0 Å². The summed E-state index contributed by atoms with van der Waals surface area (Å²) in [5.41, 5.74) is 0.910. The summed E-state index contributed by atoms with van der Waals surface area (Å²) in [5, 5.41) is 0.117. The van der Waals surface area contributed by atoms with Crippen molar-refractivity contribution in [2.24, 2.45) is 23.7 Å². The van der Waals surface area contributed by atoms with Crippen molar-refractivity contribution in [3.63, 3.8) is 0 Å². The minimum Gasteiger partial charge on any atom is -0.462 e. The van der Waals surface area contributed by atoms with Crippen LogP contribution in [-0.4, -0.2) is 44.2 Å². The molecule has 162 valence electrons. The van der Waals surface area contributed by atoms with Crippen molar-refractivity contribution in [3.05, 3.63) is 42.5 Å². The first-order valence-corrected chi connectivity index (χ1v) is 12.3. The van der Waals surface area contributed by atoms with Crippen LogP contribution in [-0.2, 0) is 29.1 Å². The summed E-state index contributed by atoms with van der Waals surface area (Å²) in [5.74, 6) is -1.70. The highest BCUT2D eigenvalue weighted by Crippen LogP contribution is 2.55. The number of carbonyl (C=O) groups excluding carboxylic acids is 3. The lowest BCUT2D eigenvalue weighted by molar-refractivity contribution is -0.137. The monoisotopic (exact) mass is 451 g/mol. The van der Waals surface area contributed by atoms with Gasteiger partial charge < -0.3 is 9.53 Å². The topological polar surface area (TPSA) is 107 Å². The van der Waals surface area contributed by atoms with Crippen LogP contribution in [0.4, 0.5) is 0 Å². The molecule has 0 radical (unpaired) electrons. The Morgan fingerprint density at radius 1 is 1.27 bits per heavy atom. The van der Waals surface area contributed by atoms with Gasteiger partial charge in [0.2, 0.25) is 5.91 Å². The summed E-state index contributed by atoms with van der Waals surface area (Å²) in [6.45, 7) is 5.42. The summed E-state index contributed by atoms with van der Waals surface area (Å²) in [6, 6.07) is 6.23. The number of amides is 1. The Morgan fingerprint density at radius 2 is 1.97 bits per heavy atom. The largest absolute Gasteiger partial charge is 0.462 e. The van der Waals surface area contributed by atoms with E-state index in [4.69, 9.17) is 4.74 Å². The van der Waals surface area contributed by atoms with Gasteiger partial charge >= 0.3 is 5.97 Å². The highest BCUT2D eigenvalue weighted by molar-refractivity contribution is 7.99. The number of aryl methyl sites for hydroxylation is 1. The third-order valence-corrected chi connectivity index (χ3v) is 8.60. The van der Waals surface area contributed by atoms with E-state index in [1.54, 1.807) is 23.9 Å². The second kappa shape index (κ2) is 9.34. The number of sulfonamides is 1. The van der Waals surface area contributed by atoms with Gasteiger partial charge in [0.15, 0.2) is 0 Å². The summed E-state index contributed by atoms with van der Waals surface area (Å²) in [7, 11) is -4.00. The van der Waals surface area contributed by atoms with Crippen LogP contribution < -0.4 is 4.72 Å². The number of nitrogens with one attached hydrogen (secondary N) is 1. The zero-order valence-electron chi connectivity index (χ0n) is 16.7. The van der Waals surface area contributed by atoms with Gasteiger partial charge in [-0.1, -0.05) is 24.3 Å². The molecule has 1 aromatic rings. The molecule has 30 heavy (non-hydrogen) atoms. The molecule has 0 aromatic heterocycles. The third-order valence-electron chi connectivity index (χ3n) is 5.86. The number of ether oxygens (including phenoxy) is 1. The highest BCUT2D eigenvalue weighted by atomic mass is 32.2. The fourth-order valence-corrected chi connectivity index (χ4v) is 6.88. The quantitative estimate of drug-likeness (QED) is 0.265. The molecule has 2 saturated carbocycles. The molecule has 7 nitrogen and oxygen atoms in total. The van der Waals surface area contributed by atoms with Crippen LogP contribution in [0, 0.1) is 30.6 Å². The predicted molar refractivity (Wildman–Crippen MR) is 113 cm³/mol. The van der Waals surface area contributed by atoms with Crippen molar-refractivity contribution in [3.8, 4) is 0 Å². The minimum absolute atomic E-state index is 0.0159. The molecule has 0 aliphatic heterocycles. The summed E-state index contributed by atoms with van der Waals surface area (Å²) in [4.78, 5) is 35.7. The van der Waals surface area contributed by atoms with Crippen LogP contribution in [0.1, 0.15) is 18.4 Å². The van der Waals surface area contributed by atoms with Crippen LogP contribution in [0.5, 0.6) is 0 Å². The first-order valence-electron chi connectivity index (χ1n) is 9.76. The van der Waals surface area contributed by atoms with E-state index in [2.05, 4.69) is 11.3 Å². The molecular weight excluding hydrogens is 426 g/mol. The molecule has 0 heterocycles. The number of hydrogen-bond acceptors (Lipinski definition) is 7. The molecule has 1 amide bonds. The van der Waals surface area contributed by atoms with Gasteiger partial charge in [-0.2, -0.15) is 11.8 Å². The van der Waals surface area contributed by atoms with Gasteiger partial charge in [-0.15, -0.1) is 0 Å². The summed E-state index contributed by atoms with van der Waals surface area (Å²) in [6.07, 6.45) is 3.41. The van der Waals surface area contributed by atoms with E-state index in [0.29, 0.717) is 5.75 Å². The second-order valence-corrected chi connectivity index (χ2v) is 10.7. The van der Waals surface area contributed by atoms with E-state index in [9.17, 15) is 22.8 Å². The van der Waals surface area contributed by atoms with Gasteiger partial charge in [-0.3, -0.25) is 4.79 Å². The maximum atomic E-state index is 12.9. The van der Waals surface area contributed by atoms with Crippen LogP contribution in [0.15, 0.2) is 41.8 Å². The first-order chi connectivity index (χ1) is 14.3. The molecule has 2 bridgehead atoms. The van der Waals surface area contributed by atoms with E-state index in [0.717, 1.165) is 30.8 Å². The lowest BCUT2D eigenvalue weighted by Crippen LogP contribution is -2.44. The smallest absolute Gasteiger partial charge is 0.330 e. The number of hydrogen-bond donors (Lipinski definition) is 1. The van der Waals surface area contributed by atoms with Gasteiger partial charge in [0.25, 0.3) is 10.0 Å². The van der Waals surface area contributed by atoms with E-state index >= 15 is 0 Å². The Balaban J connectivity index is 1.66. The van der Waals surface area contributed by atoms with Crippen molar-refractivity contribution in [1.29, 1.82) is 0 Å². The van der Waals surface area contributed by atoms with Gasteiger partial charge in [0, 0.05) is 23.0 Å². The number of benzene rings is 1. The van der Waals surface area contributed by atoms with E-state index < -0.39 is 33.7 Å². The molecule has 3 rings (SSSR count). The predicted octanol–water partition coefficient (Wildman–Crippen LogP) is 2.10. The van der Waals surface area contributed by atoms with Crippen LogP contribution >= 0.6 is 11.8 Å². The van der Waals surface area contributed by atoms with Crippen molar-refractivity contribution in [1.82, 2.24) is 4.72 Å². The molecular formula is C21H25NO6S2. The Bertz CT molecular complexity index is 927. The van der Waals surface area contributed by atoms with Crippen molar-refractivity contribution < 1.29 is 27.5 Å². The van der Waals surface area contributed by atoms with Gasteiger partial charge in [0.1, 0.15) is 12.9 Å². The fourth-order valence-electron chi connectivity index (χ4n) is 4.48. The average molecular weight is 452 g/mol. The van der Waals surface area contributed by atoms with Crippen LogP contribution in [0.3, 0.4) is 0 Å².